The van der Waals surface area contributed by atoms with E-state index in [1.54, 1.807) is 4.68 Å². The van der Waals surface area contributed by atoms with Gasteiger partial charge in [0.05, 0.1) is 25.0 Å². The van der Waals surface area contributed by atoms with Crippen molar-refractivity contribution in [2.45, 2.75) is 18.9 Å². The Hall–Kier alpha value is -0.870. The van der Waals surface area contributed by atoms with Gasteiger partial charge in [0.15, 0.2) is 0 Å². The largest absolute Gasteiger partial charge is 0.390 e. The summed E-state index contributed by atoms with van der Waals surface area (Å²) in [7, 11) is 1.89. The maximum atomic E-state index is 9.61. The molecule has 0 radical (unpaired) electrons. The van der Waals surface area contributed by atoms with Crippen LogP contribution in [0.4, 0.5) is 0 Å². The summed E-state index contributed by atoms with van der Waals surface area (Å²) >= 11 is 0. The predicted molar refractivity (Wildman–Crippen MR) is 47.5 cm³/mol. The highest BCUT2D eigenvalue weighted by molar-refractivity contribution is 5.23. The van der Waals surface area contributed by atoms with Gasteiger partial charge in [0, 0.05) is 24.7 Å². The molecule has 2 heterocycles. The minimum atomic E-state index is -0.372. The van der Waals surface area contributed by atoms with Gasteiger partial charge in [0.1, 0.15) is 0 Å². The molecule has 1 N–H and O–H groups in total. The van der Waals surface area contributed by atoms with Crippen molar-refractivity contribution < 1.29 is 9.84 Å². The van der Waals surface area contributed by atoms with Crippen LogP contribution in [-0.2, 0) is 11.8 Å². The summed E-state index contributed by atoms with van der Waals surface area (Å²) in [5.74, 6) is 0.105. The Morgan fingerprint density at radius 1 is 1.62 bits per heavy atom. The summed E-state index contributed by atoms with van der Waals surface area (Å²) in [6.45, 7) is 3.01. The van der Waals surface area contributed by atoms with E-state index in [0.717, 1.165) is 11.3 Å². The summed E-state index contributed by atoms with van der Waals surface area (Å²) < 4.78 is 6.97. The lowest BCUT2D eigenvalue weighted by molar-refractivity contribution is 0.124. The normalized spacial score (nSPS) is 28.2. The smallest absolute Gasteiger partial charge is 0.0865 e. The third-order valence-corrected chi connectivity index (χ3v) is 2.50. The van der Waals surface area contributed by atoms with Crippen molar-refractivity contribution >= 4 is 0 Å². The molecular formula is C9H14N2O2. The molecule has 13 heavy (non-hydrogen) atoms. The number of aliphatic hydroxyl groups excluding tert-OH is 1. The third kappa shape index (κ3) is 1.47. The Morgan fingerprint density at radius 2 is 2.38 bits per heavy atom. The molecule has 1 aliphatic heterocycles. The quantitative estimate of drug-likeness (QED) is 0.675. The van der Waals surface area contributed by atoms with Crippen LogP contribution in [0.2, 0.25) is 0 Å². The van der Waals surface area contributed by atoms with Crippen molar-refractivity contribution in [2.24, 2.45) is 7.05 Å². The number of ether oxygens (including phenoxy) is 1. The number of hydrogen-bond acceptors (Lipinski definition) is 3. The minimum Gasteiger partial charge on any atom is -0.390 e. The molecule has 0 spiro atoms. The maximum absolute atomic E-state index is 9.61. The van der Waals surface area contributed by atoms with Crippen LogP contribution in [0.25, 0.3) is 0 Å². The zero-order valence-electron chi connectivity index (χ0n) is 7.90. The number of rotatable bonds is 1. The SMILES string of the molecule is Cc1nn(C)cc1C1COCC1O. The second-order valence-electron chi connectivity index (χ2n) is 3.55. The number of aryl methyl sites for hydroxylation is 2. The van der Waals surface area contributed by atoms with Gasteiger partial charge in [-0.2, -0.15) is 5.10 Å². The molecule has 2 atom stereocenters. The van der Waals surface area contributed by atoms with E-state index in [0.29, 0.717) is 13.2 Å². The fourth-order valence-corrected chi connectivity index (χ4v) is 1.82. The fourth-order valence-electron chi connectivity index (χ4n) is 1.82. The van der Waals surface area contributed by atoms with Crippen molar-refractivity contribution in [1.82, 2.24) is 9.78 Å². The first kappa shape index (κ1) is 8.72. The van der Waals surface area contributed by atoms with Crippen LogP contribution in [0, 0.1) is 6.92 Å². The van der Waals surface area contributed by atoms with Crippen LogP contribution in [0.15, 0.2) is 6.20 Å². The van der Waals surface area contributed by atoms with E-state index in [-0.39, 0.29) is 12.0 Å². The van der Waals surface area contributed by atoms with Gasteiger partial charge in [0.2, 0.25) is 0 Å². The number of hydrogen-bond donors (Lipinski definition) is 1. The third-order valence-electron chi connectivity index (χ3n) is 2.50. The van der Waals surface area contributed by atoms with Crippen molar-refractivity contribution in [2.75, 3.05) is 13.2 Å². The minimum absolute atomic E-state index is 0.105. The monoisotopic (exact) mass is 182 g/mol. The van der Waals surface area contributed by atoms with Crippen LogP contribution >= 0.6 is 0 Å². The molecule has 0 saturated carbocycles. The lowest BCUT2D eigenvalue weighted by atomic mass is 9.97. The van der Waals surface area contributed by atoms with Crippen LogP contribution in [-0.4, -0.2) is 34.2 Å². The van der Waals surface area contributed by atoms with Crippen molar-refractivity contribution in [1.29, 1.82) is 0 Å². The van der Waals surface area contributed by atoms with Crippen LogP contribution in [0.1, 0.15) is 17.2 Å². The van der Waals surface area contributed by atoms with E-state index in [2.05, 4.69) is 5.10 Å². The Balaban J connectivity index is 2.28. The lowest BCUT2D eigenvalue weighted by Gasteiger charge is -2.10. The Bertz CT molecular complexity index is 309. The molecule has 0 aliphatic carbocycles. The molecule has 4 heteroatoms. The molecule has 1 saturated heterocycles. The summed E-state index contributed by atoms with van der Waals surface area (Å²) in [4.78, 5) is 0. The van der Waals surface area contributed by atoms with Gasteiger partial charge in [-0.25, -0.2) is 0 Å². The topological polar surface area (TPSA) is 47.3 Å². The Labute approximate surface area is 77.1 Å². The van der Waals surface area contributed by atoms with E-state index in [9.17, 15) is 5.11 Å². The lowest BCUT2D eigenvalue weighted by Crippen LogP contribution is -2.15. The van der Waals surface area contributed by atoms with Crippen LogP contribution in [0.3, 0.4) is 0 Å². The summed E-state index contributed by atoms with van der Waals surface area (Å²) in [5.41, 5.74) is 2.09. The van der Waals surface area contributed by atoms with Gasteiger partial charge in [-0.05, 0) is 6.92 Å². The van der Waals surface area contributed by atoms with Gasteiger partial charge in [-0.3, -0.25) is 4.68 Å². The molecule has 4 nitrogen and oxygen atoms in total. The van der Waals surface area contributed by atoms with Gasteiger partial charge in [0.25, 0.3) is 0 Å². The Morgan fingerprint density at radius 3 is 2.85 bits per heavy atom. The molecule has 0 bridgehead atoms. The molecular weight excluding hydrogens is 168 g/mol. The van der Waals surface area contributed by atoms with Gasteiger partial charge in [-0.15, -0.1) is 0 Å². The Kier molecular flexibility index (Phi) is 2.09. The van der Waals surface area contributed by atoms with Gasteiger partial charge in [-0.1, -0.05) is 0 Å². The van der Waals surface area contributed by atoms with Gasteiger partial charge < -0.3 is 9.84 Å². The highest BCUT2D eigenvalue weighted by Gasteiger charge is 2.29. The van der Waals surface area contributed by atoms with E-state index in [1.165, 1.54) is 0 Å². The van der Waals surface area contributed by atoms with E-state index >= 15 is 0 Å². The highest BCUT2D eigenvalue weighted by Crippen LogP contribution is 2.27. The predicted octanol–water partition coefficient (Wildman–Crippen LogP) is 0.203. The van der Waals surface area contributed by atoms with Crippen LogP contribution < -0.4 is 0 Å². The summed E-state index contributed by atoms with van der Waals surface area (Å²) in [5, 5.41) is 13.9. The summed E-state index contributed by atoms with van der Waals surface area (Å²) in [6.07, 6.45) is 1.58. The van der Waals surface area contributed by atoms with E-state index < -0.39 is 0 Å². The average Bonchev–Trinajstić information content (AvgIpc) is 2.58. The summed E-state index contributed by atoms with van der Waals surface area (Å²) in [6, 6.07) is 0. The molecule has 0 aromatic carbocycles. The number of aromatic nitrogens is 2. The van der Waals surface area contributed by atoms with Gasteiger partial charge >= 0.3 is 0 Å². The van der Waals surface area contributed by atoms with Crippen LogP contribution in [0.5, 0.6) is 0 Å². The molecule has 0 amide bonds. The number of nitrogens with zero attached hydrogens (tertiary/aromatic N) is 2. The zero-order chi connectivity index (χ0) is 9.42. The first-order chi connectivity index (χ1) is 6.18. The van der Waals surface area contributed by atoms with Crippen molar-refractivity contribution in [3.05, 3.63) is 17.5 Å². The molecule has 1 aliphatic rings. The zero-order valence-corrected chi connectivity index (χ0v) is 7.90. The average molecular weight is 182 g/mol. The molecule has 1 fully saturated rings. The first-order valence-electron chi connectivity index (χ1n) is 4.44. The van der Waals surface area contributed by atoms with Crippen molar-refractivity contribution in [3.63, 3.8) is 0 Å². The molecule has 2 rings (SSSR count). The number of aliphatic hydroxyl groups is 1. The first-order valence-corrected chi connectivity index (χ1v) is 4.44. The fraction of sp³-hybridized carbons (Fsp3) is 0.667. The second-order valence-corrected chi connectivity index (χ2v) is 3.55. The van der Waals surface area contributed by atoms with E-state index in [4.69, 9.17) is 4.74 Å². The standard InChI is InChI=1S/C9H14N2O2/c1-6-7(3-11(2)10-6)8-4-13-5-9(8)12/h3,8-9,12H,4-5H2,1-2H3. The second kappa shape index (κ2) is 3.12. The van der Waals surface area contributed by atoms with E-state index in [1.807, 2.05) is 20.2 Å². The highest BCUT2D eigenvalue weighted by atomic mass is 16.5. The molecule has 2 unspecified atom stereocenters. The molecule has 72 valence electrons. The molecule has 1 aromatic rings. The van der Waals surface area contributed by atoms with Crippen molar-refractivity contribution in [3.8, 4) is 0 Å². The molecule has 1 aromatic heterocycles. The maximum Gasteiger partial charge on any atom is 0.0865 e.